The number of nitrogens with one attached hydrogen (secondary N) is 2. The van der Waals surface area contributed by atoms with Gasteiger partial charge in [0.2, 0.25) is 5.95 Å². The zero-order valence-electron chi connectivity index (χ0n) is 14.6. The minimum absolute atomic E-state index is 0.534. The highest BCUT2D eigenvalue weighted by molar-refractivity contribution is 5.56. The zero-order chi connectivity index (χ0) is 17.6. The quantitative estimate of drug-likeness (QED) is 0.628. The summed E-state index contributed by atoms with van der Waals surface area (Å²) in [7, 11) is 0. The monoisotopic (exact) mass is 346 g/mol. The second-order valence-corrected chi connectivity index (χ2v) is 6.46. The van der Waals surface area contributed by atoms with E-state index in [0.717, 1.165) is 23.0 Å². The molecule has 1 saturated carbocycles. The molecule has 1 aromatic heterocycles. The van der Waals surface area contributed by atoms with Gasteiger partial charge in [0.15, 0.2) is 0 Å². The fraction of sp³-hybridized carbons (Fsp3) is 0.238. The maximum Gasteiger partial charge on any atom is 0.229 e. The van der Waals surface area contributed by atoms with Crippen molar-refractivity contribution in [3.8, 4) is 11.5 Å². The van der Waals surface area contributed by atoms with Gasteiger partial charge in [-0.3, -0.25) is 0 Å². The van der Waals surface area contributed by atoms with E-state index in [9.17, 15) is 0 Å². The molecule has 2 aromatic carbocycles. The normalized spacial score (nSPS) is 14.2. The van der Waals surface area contributed by atoms with E-state index in [0.29, 0.717) is 12.0 Å². The van der Waals surface area contributed by atoms with Gasteiger partial charge in [0.25, 0.3) is 0 Å². The van der Waals surface area contributed by atoms with Gasteiger partial charge in [-0.15, -0.1) is 0 Å². The molecule has 0 radical (unpaired) electrons. The van der Waals surface area contributed by atoms with Gasteiger partial charge in [0.05, 0.1) is 0 Å². The largest absolute Gasteiger partial charge is 0.457 e. The first-order chi connectivity index (χ1) is 12.8. The molecule has 0 spiro atoms. The number of anilines is 3. The summed E-state index contributed by atoms with van der Waals surface area (Å²) in [5.74, 6) is 3.07. The first-order valence-electron chi connectivity index (χ1n) is 9.05. The molecule has 1 aliphatic rings. The molecular formula is C21H22N4O. The highest BCUT2D eigenvalue weighted by Gasteiger charge is 2.15. The number of nitrogens with zero attached hydrogens (tertiary/aromatic N) is 2. The third kappa shape index (κ3) is 4.30. The Kier molecular flexibility index (Phi) is 4.96. The molecule has 1 aliphatic carbocycles. The highest BCUT2D eigenvalue weighted by atomic mass is 16.5. The fourth-order valence-corrected chi connectivity index (χ4v) is 3.14. The fourth-order valence-electron chi connectivity index (χ4n) is 3.14. The van der Waals surface area contributed by atoms with Crippen LogP contribution in [0.1, 0.15) is 25.7 Å². The summed E-state index contributed by atoms with van der Waals surface area (Å²) in [6.45, 7) is 0. The molecule has 0 atom stereocenters. The minimum Gasteiger partial charge on any atom is -0.457 e. The molecule has 5 heteroatoms. The summed E-state index contributed by atoms with van der Waals surface area (Å²) in [5, 5.41) is 6.73. The average molecular weight is 346 g/mol. The molecule has 4 rings (SSSR count). The van der Waals surface area contributed by atoms with Crippen LogP contribution in [0.5, 0.6) is 11.5 Å². The molecule has 3 aromatic rings. The summed E-state index contributed by atoms with van der Waals surface area (Å²) in [4.78, 5) is 8.86. The molecule has 5 nitrogen and oxygen atoms in total. The Morgan fingerprint density at radius 2 is 1.58 bits per heavy atom. The van der Waals surface area contributed by atoms with Crippen LogP contribution in [0.2, 0.25) is 0 Å². The van der Waals surface area contributed by atoms with Crippen molar-refractivity contribution >= 4 is 17.5 Å². The van der Waals surface area contributed by atoms with E-state index in [-0.39, 0.29) is 0 Å². The van der Waals surface area contributed by atoms with E-state index in [4.69, 9.17) is 4.74 Å². The van der Waals surface area contributed by atoms with Crippen LogP contribution in [0.4, 0.5) is 17.5 Å². The van der Waals surface area contributed by atoms with Crippen molar-refractivity contribution in [3.63, 3.8) is 0 Å². The highest BCUT2D eigenvalue weighted by Crippen LogP contribution is 2.24. The minimum atomic E-state index is 0.534. The smallest absolute Gasteiger partial charge is 0.229 e. The molecule has 1 fully saturated rings. The van der Waals surface area contributed by atoms with Gasteiger partial charge in [-0.2, -0.15) is 4.98 Å². The van der Waals surface area contributed by atoms with Crippen molar-refractivity contribution in [1.29, 1.82) is 0 Å². The molecular weight excluding hydrogens is 324 g/mol. The predicted octanol–water partition coefficient (Wildman–Crippen LogP) is 5.37. The SMILES string of the molecule is c1ccc(Oc2ccc(Nc3nccc(NC4CCCC4)n3)cc2)cc1. The van der Waals surface area contributed by atoms with E-state index in [2.05, 4.69) is 20.6 Å². The number of para-hydroxylation sites is 1. The van der Waals surface area contributed by atoms with E-state index >= 15 is 0 Å². The Morgan fingerprint density at radius 3 is 2.35 bits per heavy atom. The maximum atomic E-state index is 5.81. The summed E-state index contributed by atoms with van der Waals surface area (Å²) < 4.78 is 5.81. The van der Waals surface area contributed by atoms with Crippen molar-refractivity contribution < 1.29 is 4.74 Å². The standard InChI is InChI=1S/C21H22N4O/c1-2-8-18(9-3-1)26-19-12-10-17(11-13-19)24-21-22-15-14-20(25-21)23-16-6-4-5-7-16/h1-3,8-16H,4-7H2,(H2,22,23,24,25). The van der Waals surface area contributed by atoms with E-state index in [1.54, 1.807) is 6.20 Å². The molecule has 0 bridgehead atoms. The molecule has 0 amide bonds. The number of hydrogen-bond acceptors (Lipinski definition) is 5. The van der Waals surface area contributed by atoms with Crippen LogP contribution in [-0.2, 0) is 0 Å². The van der Waals surface area contributed by atoms with Crippen LogP contribution in [0.15, 0.2) is 66.9 Å². The Balaban J connectivity index is 1.39. The van der Waals surface area contributed by atoms with Gasteiger partial charge < -0.3 is 15.4 Å². The van der Waals surface area contributed by atoms with Crippen LogP contribution < -0.4 is 15.4 Å². The van der Waals surface area contributed by atoms with Gasteiger partial charge in [0.1, 0.15) is 17.3 Å². The van der Waals surface area contributed by atoms with Crippen molar-refractivity contribution in [2.75, 3.05) is 10.6 Å². The third-order valence-electron chi connectivity index (χ3n) is 4.45. The molecule has 1 heterocycles. The Morgan fingerprint density at radius 1 is 0.846 bits per heavy atom. The van der Waals surface area contributed by atoms with Crippen LogP contribution in [0, 0.1) is 0 Å². The average Bonchev–Trinajstić information content (AvgIpc) is 3.18. The molecule has 0 saturated heterocycles. The Bertz CT molecular complexity index is 830. The van der Waals surface area contributed by atoms with Gasteiger partial charge in [-0.1, -0.05) is 31.0 Å². The van der Waals surface area contributed by atoms with Gasteiger partial charge in [-0.05, 0) is 55.3 Å². The summed E-state index contributed by atoms with van der Waals surface area (Å²) >= 11 is 0. The first-order valence-corrected chi connectivity index (χ1v) is 9.05. The summed E-state index contributed by atoms with van der Waals surface area (Å²) in [6.07, 6.45) is 6.81. The van der Waals surface area contributed by atoms with Crippen molar-refractivity contribution in [3.05, 3.63) is 66.9 Å². The lowest BCUT2D eigenvalue weighted by Crippen LogP contribution is -2.15. The lowest BCUT2D eigenvalue weighted by atomic mass is 10.2. The number of benzene rings is 2. The molecule has 0 unspecified atom stereocenters. The van der Waals surface area contributed by atoms with Crippen molar-refractivity contribution in [1.82, 2.24) is 9.97 Å². The van der Waals surface area contributed by atoms with Crippen LogP contribution >= 0.6 is 0 Å². The maximum absolute atomic E-state index is 5.81. The molecule has 132 valence electrons. The third-order valence-corrected chi connectivity index (χ3v) is 4.45. The van der Waals surface area contributed by atoms with Crippen molar-refractivity contribution in [2.45, 2.75) is 31.7 Å². The van der Waals surface area contributed by atoms with Gasteiger partial charge >= 0.3 is 0 Å². The van der Waals surface area contributed by atoms with E-state index < -0.39 is 0 Å². The molecule has 2 N–H and O–H groups in total. The van der Waals surface area contributed by atoms with Gasteiger partial charge in [-0.25, -0.2) is 4.98 Å². The number of aromatic nitrogens is 2. The van der Waals surface area contributed by atoms with Gasteiger partial charge in [0, 0.05) is 17.9 Å². The first kappa shape index (κ1) is 16.4. The second kappa shape index (κ2) is 7.87. The Hall–Kier alpha value is -3.08. The van der Waals surface area contributed by atoms with E-state index in [1.807, 2.05) is 60.7 Å². The molecule has 26 heavy (non-hydrogen) atoms. The van der Waals surface area contributed by atoms with Crippen LogP contribution in [0.25, 0.3) is 0 Å². The Labute approximate surface area is 153 Å². The molecule has 0 aliphatic heterocycles. The second-order valence-electron chi connectivity index (χ2n) is 6.46. The lowest BCUT2D eigenvalue weighted by Gasteiger charge is -2.13. The summed E-state index contributed by atoms with van der Waals surface area (Å²) in [5.41, 5.74) is 0.920. The topological polar surface area (TPSA) is 59.1 Å². The number of hydrogen-bond donors (Lipinski definition) is 2. The van der Waals surface area contributed by atoms with Crippen LogP contribution in [0.3, 0.4) is 0 Å². The van der Waals surface area contributed by atoms with Crippen molar-refractivity contribution in [2.24, 2.45) is 0 Å². The summed E-state index contributed by atoms with van der Waals surface area (Å²) in [6, 6.07) is 20.0. The zero-order valence-corrected chi connectivity index (χ0v) is 14.6. The number of ether oxygens (including phenoxy) is 1. The van der Waals surface area contributed by atoms with E-state index in [1.165, 1.54) is 25.7 Å². The number of rotatable bonds is 6. The lowest BCUT2D eigenvalue weighted by molar-refractivity contribution is 0.483. The van der Waals surface area contributed by atoms with Crippen LogP contribution in [-0.4, -0.2) is 16.0 Å². The predicted molar refractivity (Wildman–Crippen MR) is 104 cm³/mol.